The molecule has 0 aromatic carbocycles. The van der Waals surface area contributed by atoms with E-state index in [9.17, 15) is 0 Å². The lowest BCUT2D eigenvalue weighted by Crippen LogP contribution is -2.41. The molecule has 0 bridgehead atoms. The van der Waals surface area contributed by atoms with Crippen molar-refractivity contribution in [3.63, 3.8) is 0 Å². The summed E-state index contributed by atoms with van der Waals surface area (Å²) in [5, 5.41) is 10.7. The van der Waals surface area contributed by atoms with Crippen LogP contribution in [-0.4, -0.2) is 11.4 Å². The van der Waals surface area contributed by atoms with Gasteiger partial charge in [-0.25, -0.2) is 0 Å². The molecule has 2 N–H and O–H groups in total. The van der Waals surface area contributed by atoms with E-state index in [2.05, 4.69) is 19.2 Å². The molecule has 1 heterocycles. The van der Waals surface area contributed by atoms with E-state index in [1.54, 1.807) is 0 Å². The second-order valence-electron chi connectivity index (χ2n) is 4.01. The zero-order valence-corrected chi connectivity index (χ0v) is 6.57. The molecule has 1 saturated carbocycles. The summed E-state index contributed by atoms with van der Waals surface area (Å²) in [6.45, 7) is 4.48. The van der Waals surface area contributed by atoms with Gasteiger partial charge in [-0.3, -0.25) is 5.41 Å². The molecule has 0 radical (unpaired) electrons. The Balaban J connectivity index is 2.15. The summed E-state index contributed by atoms with van der Waals surface area (Å²) in [5.74, 6) is 2.32. The van der Waals surface area contributed by atoms with E-state index >= 15 is 0 Å². The van der Waals surface area contributed by atoms with Crippen LogP contribution in [0.1, 0.15) is 26.7 Å². The molecular weight excluding hydrogens is 124 g/mol. The number of rotatable bonds is 0. The molecular formula is C8H14N2. The summed E-state index contributed by atoms with van der Waals surface area (Å²) in [7, 11) is 0. The van der Waals surface area contributed by atoms with Gasteiger partial charge >= 0.3 is 0 Å². The molecule has 56 valence electrons. The average molecular weight is 138 g/mol. The fourth-order valence-electron chi connectivity index (χ4n) is 2.23. The predicted octanol–water partition coefficient (Wildman–Crippen LogP) is 1.37. The van der Waals surface area contributed by atoms with Gasteiger partial charge in [0.2, 0.25) is 0 Å². The van der Waals surface area contributed by atoms with Crippen LogP contribution in [0.2, 0.25) is 0 Å². The first-order valence-corrected chi connectivity index (χ1v) is 3.97. The third-order valence-corrected chi connectivity index (χ3v) is 2.95. The fourth-order valence-corrected chi connectivity index (χ4v) is 2.23. The smallest absolute Gasteiger partial charge is 0.0938 e. The van der Waals surface area contributed by atoms with E-state index in [1.807, 2.05) is 0 Å². The SMILES string of the molecule is CC1CC(=N)NC2(C)CC12. The van der Waals surface area contributed by atoms with Crippen LogP contribution in [0.25, 0.3) is 0 Å². The molecule has 1 saturated heterocycles. The van der Waals surface area contributed by atoms with Gasteiger partial charge < -0.3 is 5.32 Å². The Morgan fingerprint density at radius 1 is 1.70 bits per heavy atom. The zero-order valence-electron chi connectivity index (χ0n) is 6.57. The van der Waals surface area contributed by atoms with Gasteiger partial charge in [0.1, 0.15) is 0 Å². The van der Waals surface area contributed by atoms with E-state index in [0.29, 0.717) is 5.54 Å². The van der Waals surface area contributed by atoms with Crippen molar-refractivity contribution in [2.24, 2.45) is 11.8 Å². The van der Waals surface area contributed by atoms with Gasteiger partial charge in [-0.05, 0) is 25.2 Å². The van der Waals surface area contributed by atoms with Crippen molar-refractivity contribution >= 4 is 5.84 Å². The van der Waals surface area contributed by atoms with Gasteiger partial charge in [-0.15, -0.1) is 0 Å². The molecule has 1 aliphatic carbocycles. The monoisotopic (exact) mass is 138 g/mol. The van der Waals surface area contributed by atoms with Crippen molar-refractivity contribution in [1.29, 1.82) is 5.41 Å². The van der Waals surface area contributed by atoms with Gasteiger partial charge in [0.05, 0.1) is 5.84 Å². The number of amidine groups is 1. The third-order valence-electron chi connectivity index (χ3n) is 2.95. The molecule has 0 spiro atoms. The highest BCUT2D eigenvalue weighted by Gasteiger charge is 2.55. The quantitative estimate of drug-likeness (QED) is 0.521. The fraction of sp³-hybridized carbons (Fsp3) is 0.875. The number of nitrogens with one attached hydrogen (secondary N) is 2. The molecule has 1 aliphatic heterocycles. The first-order chi connectivity index (χ1) is 4.62. The van der Waals surface area contributed by atoms with Gasteiger partial charge in [0.25, 0.3) is 0 Å². The molecule has 3 unspecified atom stereocenters. The number of hydrogen-bond donors (Lipinski definition) is 2. The minimum atomic E-state index is 0.314. The van der Waals surface area contributed by atoms with Crippen molar-refractivity contribution in [2.75, 3.05) is 0 Å². The molecule has 2 heteroatoms. The van der Waals surface area contributed by atoms with Crippen LogP contribution in [0, 0.1) is 17.2 Å². The Kier molecular flexibility index (Phi) is 0.960. The van der Waals surface area contributed by atoms with Gasteiger partial charge in [-0.2, -0.15) is 0 Å². The summed E-state index contributed by atoms with van der Waals surface area (Å²) in [4.78, 5) is 0. The van der Waals surface area contributed by atoms with Gasteiger partial charge in [-0.1, -0.05) is 6.92 Å². The standard InChI is InChI=1S/C8H14N2/c1-5-3-7(9)10-8(2)4-6(5)8/h5-6H,3-4H2,1-2H3,(H2,9,10). The molecule has 10 heavy (non-hydrogen) atoms. The summed E-state index contributed by atoms with van der Waals surface area (Å²) in [6, 6.07) is 0. The maximum atomic E-state index is 7.49. The van der Waals surface area contributed by atoms with E-state index in [-0.39, 0.29) is 0 Å². The molecule has 0 aromatic rings. The highest BCUT2D eigenvalue weighted by Crippen LogP contribution is 2.51. The number of hydrogen-bond acceptors (Lipinski definition) is 1. The summed E-state index contributed by atoms with van der Waals surface area (Å²) in [6.07, 6.45) is 2.23. The largest absolute Gasteiger partial charge is 0.369 e. The van der Waals surface area contributed by atoms with Gasteiger partial charge in [0.15, 0.2) is 0 Å². The molecule has 2 fully saturated rings. The second kappa shape index (κ2) is 1.55. The van der Waals surface area contributed by atoms with Crippen molar-refractivity contribution in [1.82, 2.24) is 5.32 Å². The van der Waals surface area contributed by atoms with Crippen LogP contribution in [0.15, 0.2) is 0 Å². The average Bonchev–Trinajstić information content (AvgIpc) is 2.39. The van der Waals surface area contributed by atoms with Crippen LogP contribution in [0.3, 0.4) is 0 Å². The van der Waals surface area contributed by atoms with Crippen molar-refractivity contribution in [3.8, 4) is 0 Å². The number of fused-ring (bicyclic) bond motifs is 1. The molecule has 3 atom stereocenters. The van der Waals surface area contributed by atoms with Gasteiger partial charge in [0, 0.05) is 12.0 Å². The van der Waals surface area contributed by atoms with E-state index in [1.165, 1.54) is 6.42 Å². The summed E-state index contributed by atoms with van der Waals surface area (Å²) >= 11 is 0. The van der Waals surface area contributed by atoms with Crippen molar-refractivity contribution < 1.29 is 0 Å². The molecule has 0 aromatic heterocycles. The van der Waals surface area contributed by atoms with Crippen LogP contribution in [0.4, 0.5) is 0 Å². The number of piperidine rings is 1. The Morgan fingerprint density at radius 2 is 2.40 bits per heavy atom. The van der Waals surface area contributed by atoms with E-state index in [0.717, 1.165) is 24.1 Å². The zero-order chi connectivity index (χ0) is 7.35. The third kappa shape index (κ3) is 0.678. The minimum Gasteiger partial charge on any atom is -0.369 e. The molecule has 2 rings (SSSR count). The topological polar surface area (TPSA) is 35.9 Å². The lowest BCUT2D eigenvalue weighted by molar-refractivity contribution is 0.413. The first-order valence-electron chi connectivity index (χ1n) is 3.97. The Hall–Kier alpha value is -0.530. The Bertz CT molecular complexity index is 188. The summed E-state index contributed by atoms with van der Waals surface area (Å²) in [5.41, 5.74) is 0.314. The highest BCUT2D eigenvalue weighted by atomic mass is 15.1. The second-order valence-corrected chi connectivity index (χ2v) is 4.01. The van der Waals surface area contributed by atoms with Crippen LogP contribution in [0.5, 0.6) is 0 Å². The van der Waals surface area contributed by atoms with E-state index in [4.69, 9.17) is 5.41 Å². The predicted molar refractivity (Wildman–Crippen MR) is 41.2 cm³/mol. The van der Waals surface area contributed by atoms with Crippen LogP contribution >= 0.6 is 0 Å². The molecule has 2 aliphatic rings. The lowest BCUT2D eigenvalue weighted by atomic mass is 9.94. The molecule has 0 amide bonds. The van der Waals surface area contributed by atoms with Crippen LogP contribution < -0.4 is 5.32 Å². The maximum Gasteiger partial charge on any atom is 0.0938 e. The van der Waals surface area contributed by atoms with Crippen molar-refractivity contribution in [3.05, 3.63) is 0 Å². The van der Waals surface area contributed by atoms with Crippen LogP contribution in [-0.2, 0) is 0 Å². The summed E-state index contributed by atoms with van der Waals surface area (Å²) < 4.78 is 0. The van der Waals surface area contributed by atoms with E-state index < -0.39 is 0 Å². The Morgan fingerprint density at radius 3 is 3.00 bits per heavy atom. The maximum absolute atomic E-state index is 7.49. The van der Waals surface area contributed by atoms with Crippen molar-refractivity contribution in [2.45, 2.75) is 32.2 Å². The Labute approximate surface area is 61.5 Å². The first kappa shape index (κ1) is 6.20. The molecule has 2 nitrogen and oxygen atoms in total. The minimum absolute atomic E-state index is 0.314. The lowest BCUT2D eigenvalue weighted by Gasteiger charge is -2.25. The highest BCUT2D eigenvalue weighted by molar-refractivity contribution is 5.81. The normalized spacial score (nSPS) is 51.6.